The fourth-order valence-electron chi connectivity index (χ4n) is 3.22. The summed E-state index contributed by atoms with van der Waals surface area (Å²) in [6, 6.07) is 19.5. The lowest BCUT2D eigenvalue weighted by Crippen LogP contribution is -2.22. The highest BCUT2D eigenvalue weighted by Crippen LogP contribution is 2.44. The Hall–Kier alpha value is -1.97. The average Bonchev–Trinajstić information content (AvgIpc) is 3.13. The van der Waals surface area contributed by atoms with Gasteiger partial charge in [-0.1, -0.05) is 54.6 Å². The first-order valence-corrected chi connectivity index (χ1v) is 9.02. The van der Waals surface area contributed by atoms with Crippen LogP contribution in [0.25, 0.3) is 5.57 Å². The molecule has 1 unspecified atom stereocenters. The molecule has 0 aromatic heterocycles. The smallest absolute Gasteiger partial charge is 0.109 e. The van der Waals surface area contributed by atoms with Crippen molar-refractivity contribution < 1.29 is 0 Å². The van der Waals surface area contributed by atoms with Crippen LogP contribution in [0.2, 0.25) is 0 Å². The highest BCUT2D eigenvalue weighted by Gasteiger charge is 2.25. The number of para-hydroxylation sites is 1. The molecular formula is C20H20N2S. The van der Waals surface area contributed by atoms with Crippen molar-refractivity contribution in [2.24, 2.45) is 0 Å². The SMILES string of the molecule is C1=CN(c2ccccc2C2=CCNCC2)C(c2ccccc2)S1. The molecule has 2 nitrogen and oxygen atoms in total. The zero-order chi connectivity index (χ0) is 15.5. The molecule has 0 saturated heterocycles. The number of hydrogen-bond acceptors (Lipinski definition) is 3. The van der Waals surface area contributed by atoms with Gasteiger partial charge in [0.1, 0.15) is 5.37 Å². The Labute approximate surface area is 141 Å². The van der Waals surface area contributed by atoms with Crippen molar-refractivity contribution in [3.8, 4) is 0 Å². The van der Waals surface area contributed by atoms with E-state index in [0.29, 0.717) is 5.37 Å². The molecule has 116 valence electrons. The summed E-state index contributed by atoms with van der Waals surface area (Å²) in [5.41, 5.74) is 5.46. The summed E-state index contributed by atoms with van der Waals surface area (Å²) in [6.07, 6.45) is 5.63. The van der Waals surface area contributed by atoms with Crippen molar-refractivity contribution in [2.45, 2.75) is 11.8 Å². The van der Waals surface area contributed by atoms with Crippen LogP contribution in [0.1, 0.15) is 22.9 Å². The van der Waals surface area contributed by atoms with Gasteiger partial charge in [-0.15, -0.1) is 11.8 Å². The van der Waals surface area contributed by atoms with E-state index in [9.17, 15) is 0 Å². The Morgan fingerprint density at radius 3 is 2.65 bits per heavy atom. The lowest BCUT2D eigenvalue weighted by atomic mass is 9.98. The van der Waals surface area contributed by atoms with Crippen molar-refractivity contribution in [3.63, 3.8) is 0 Å². The maximum atomic E-state index is 3.40. The van der Waals surface area contributed by atoms with Gasteiger partial charge in [-0.25, -0.2) is 0 Å². The van der Waals surface area contributed by atoms with E-state index in [1.807, 2.05) is 11.8 Å². The van der Waals surface area contributed by atoms with Gasteiger partial charge in [0.2, 0.25) is 0 Å². The van der Waals surface area contributed by atoms with Crippen LogP contribution in [0.5, 0.6) is 0 Å². The quantitative estimate of drug-likeness (QED) is 0.875. The molecule has 4 rings (SSSR count). The number of hydrogen-bond donors (Lipinski definition) is 1. The Morgan fingerprint density at radius 2 is 1.83 bits per heavy atom. The van der Waals surface area contributed by atoms with Crippen molar-refractivity contribution in [1.29, 1.82) is 0 Å². The maximum Gasteiger partial charge on any atom is 0.109 e. The first-order valence-electron chi connectivity index (χ1n) is 8.08. The topological polar surface area (TPSA) is 15.3 Å². The standard InChI is InChI=1S/C20H20N2S/c1-2-6-17(7-3-1)20-22(14-15-23-20)19-9-5-4-8-18(19)16-10-12-21-13-11-16/h1-10,14-15,20-21H,11-13H2. The van der Waals surface area contributed by atoms with Gasteiger partial charge in [0.25, 0.3) is 0 Å². The fraction of sp³-hybridized carbons (Fsp3) is 0.200. The number of rotatable bonds is 3. The second-order valence-corrected chi connectivity index (χ2v) is 6.78. The molecule has 3 heteroatoms. The minimum absolute atomic E-state index is 0.319. The lowest BCUT2D eigenvalue weighted by molar-refractivity contribution is 0.738. The molecule has 0 amide bonds. The molecule has 1 N–H and O–H groups in total. The van der Waals surface area contributed by atoms with Gasteiger partial charge < -0.3 is 10.2 Å². The highest BCUT2D eigenvalue weighted by atomic mass is 32.2. The number of benzene rings is 2. The Balaban J connectivity index is 1.72. The molecular weight excluding hydrogens is 300 g/mol. The molecule has 0 fully saturated rings. The number of thioether (sulfide) groups is 1. The van der Waals surface area contributed by atoms with Gasteiger partial charge in [0, 0.05) is 24.0 Å². The van der Waals surface area contributed by atoms with Gasteiger partial charge in [0.05, 0.1) is 0 Å². The molecule has 2 heterocycles. The average molecular weight is 320 g/mol. The summed E-state index contributed by atoms with van der Waals surface area (Å²) < 4.78 is 0. The van der Waals surface area contributed by atoms with Gasteiger partial charge in [-0.3, -0.25) is 0 Å². The summed E-state index contributed by atoms with van der Waals surface area (Å²) in [5, 5.41) is 5.92. The monoisotopic (exact) mass is 320 g/mol. The van der Waals surface area contributed by atoms with Crippen molar-refractivity contribution in [3.05, 3.63) is 83.4 Å². The maximum absolute atomic E-state index is 3.40. The van der Waals surface area contributed by atoms with Crippen molar-refractivity contribution in [2.75, 3.05) is 18.0 Å². The van der Waals surface area contributed by atoms with Crippen molar-refractivity contribution >= 4 is 23.0 Å². The first-order chi connectivity index (χ1) is 11.4. The molecule has 2 aromatic rings. The van der Waals surface area contributed by atoms with Crippen molar-refractivity contribution in [1.82, 2.24) is 5.32 Å². The van der Waals surface area contributed by atoms with Crippen LogP contribution in [-0.4, -0.2) is 13.1 Å². The molecule has 0 bridgehead atoms. The summed E-state index contributed by atoms with van der Waals surface area (Å²) in [5.74, 6) is 0. The predicted molar refractivity (Wildman–Crippen MR) is 100 cm³/mol. The van der Waals surface area contributed by atoms with E-state index in [4.69, 9.17) is 0 Å². The fourth-order valence-corrected chi connectivity index (χ4v) is 4.20. The Bertz CT molecular complexity index is 736. The Kier molecular flexibility index (Phi) is 4.22. The molecule has 0 spiro atoms. The van der Waals surface area contributed by atoms with E-state index in [0.717, 1.165) is 19.5 Å². The summed E-state index contributed by atoms with van der Waals surface area (Å²) >= 11 is 1.87. The van der Waals surface area contributed by atoms with Gasteiger partial charge in [0.15, 0.2) is 0 Å². The summed E-state index contributed by atoms with van der Waals surface area (Å²) in [4.78, 5) is 2.40. The van der Waals surface area contributed by atoms with Crippen LogP contribution in [-0.2, 0) is 0 Å². The number of anilines is 1. The zero-order valence-corrected chi connectivity index (χ0v) is 13.8. The molecule has 2 aliphatic heterocycles. The number of nitrogens with zero attached hydrogens (tertiary/aromatic N) is 1. The molecule has 23 heavy (non-hydrogen) atoms. The summed E-state index contributed by atoms with van der Waals surface area (Å²) in [6.45, 7) is 2.03. The van der Waals surface area contributed by atoms with Crippen LogP contribution in [0.3, 0.4) is 0 Å². The molecule has 1 atom stereocenters. The van der Waals surface area contributed by atoms with E-state index >= 15 is 0 Å². The Morgan fingerprint density at radius 1 is 1.00 bits per heavy atom. The largest absolute Gasteiger partial charge is 0.330 e. The second kappa shape index (κ2) is 6.65. The van der Waals surface area contributed by atoms with E-state index in [1.165, 1.54) is 22.4 Å². The third kappa shape index (κ3) is 2.94. The summed E-state index contributed by atoms with van der Waals surface area (Å²) in [7, 11) is 0. The molecule has 0 saturated carbocycles. The van der Waals surface area contributed by atoms with Crippen LogP contribution < -0.4 is 10.2 Å². The van der Waals surface area contributed by atoms with E-state index in [1.54, 1.807) is 0 Å². The molecule has 0 radical (unpaired) electrons. The second-order valence-electron chi connectivity index (χ2n) is 5.79. The van der Waals surface area contributed by atoms with E-state index in [-0.39, 0.29) is 0 Å². The van der Waals surface area contributed by atoms with Gasteiger partial charge in [-0.2, -0.15) is 0 Å². The normalized spacial score (nSPS) is 20.6. The van der Waals surface area contributed by atoms with Crippen LogP contribution >= 0.6 is 11.8 Å². The predicted octanol–water partition coefficient (Wildman–Crippen LogP) is 4.79. The first kappa shape index (κ1) is 14.6. The third-order valence-electron chi connectivity index (χ3n) is 4.36. The van der Waals surface area contributed by atoms with E-state index < -0.39 is 0 Å². The van der Waals surface area contributed by atoms with Crippen LogP contribution in [0.15, 0.2) is 72.3 Å². The third-order valence-corrected chi connectivity index (χ3v) is 5.39. The van der Waals surface area contributed by atoms with Gasteiger partial charge >= 0.3 is 0 Å². The minimum Gasteiger partial charge on any atom is -0.330 e. The van der Waals surface area contributed by atoms with Gasteiger partial charge in [-0.05, 0) is 35.6 Å². The lowest BCUT2D eigenvalue weighted by Gasteiger charge is -2.28. The highest BCUT2D eigenvalue weighted by molar-refractivity contribution is 8.02. The van der Waals surface area contributed by atoms with Crippen LogP contribution in [0.4, 0.5) is 5.69 Å². The number of nitrogens with one attached hydrogen (secondary N) is 1. The minimum atomic E-state index is 0.319. The molecule has 0 aliphatic carbocycles. The molecule has 2 aromatic carbocycles. The molecule has 2 aliphatic rings. The zero-order valence-electron chi connectivity index (χ0n) is 13.0. The van der Waals surface area contributed by atoms with Crippen LogP contribution in [0, 0.1) is 0 Å². The van der Waals surface area contributed by atoms with E-state index in [2.05, 4.69) is 82.5 Å².